The summed E-state index contributed by atoms with van der Waals surface area (Å²) in [5, 5.41) is 26.6. The van der Waals surface area contributed by atoms with Gasteiger partial charge in [-0.15, -0.1) is 0 Å². The number of aromatic nitrogens is 5. The predicted octanol–water partition coefficient (Wildman–Crippen LogP) is 14.3. The zero-order chi connectivity index (χ0) is 45.5. The molecule has 0 radical (unpaired) electrons. The monoisotopic (exact) mass is 895 g/mol. The Morgan fingerprint density at radius 3 is 1.55 bits per heavy atom. The number of pyridine rings is 2. The van der Waals surface area contributed by atoms with Gasteiger partial charge in [0.25, 0.3) is 0 Å². The molecule has 0 amide bonds. The molecule has 13 aromatic rings. The van der Waals surface area contributed by atoms with Crippen molar-refractivity contribution in [3.05, 3.63) is 234 Å². The van der Waals surface area contributed by atoms with E-state index in [1.54, 1.807) is 11.8 Å². The quantitative estimate of drug-likeness (QED) is 0.176. The number of fused-ring (bicyclic) bond motifs is 18. The van der Waals surface area contributed by atoms with E-state index in [0.717, 1.165) is 99.1 Å². The Kier molecular flexibility index (Phi) is 7.65. The van der Waals surface area contributed by atoms with Gasteiger partial charge < -0.3 is 13.7 Å². The second-order valence-corrected chi connectivity index (χ2v) is 19.0. The van der Waals surface area contributed by atoms with E-state index < -0.39 is 5.41 Å². The summed E-state index contributed by atoms with van der Waals surface area (Å²) >= 11 is 1.81. The van der Waals surface area contributed by atoms with Crippen LogP contribution in [0.1, 0.15) is 33.4 Å². The minimum atomic E-state index is -0.704. The first-order valence-electron chi connectivity index (χ1n) is 22.9. The van der Waals surface area contributed by atoms with E-state index in [0.29, 0.717) is 11.1 Å². The topological polar surface area (TPSA) is 88.2 Å². The fourth-order valence-corrected chi connectivity index (χ4v) is 13.1. The molecular weight excluding hydrogens is 863 g/mol. The lowest BCUT2D eigenvalue weighted by Crippen LogP contribution is -2.32. The predicted molar refractivity (Wildman–Crippen MR) is 276 cm³/mol. The molecule has 1 atom stereocenters. The molecule has 5 aromatic heterocycles. The SMILES string of the molecule is N#Cc1ccc2c(c1)c1ccccc1n2-c1ccc2c(c1)c1cc(C#N)ccc1n2-c1ccc2c(c1)Sc1ccccc1C21c2cccnc2-c2ncc(-n3c4ccccc4c4ccccc43)cc21. The van der Waals surface area contributed by atoms with Crippen molar-refractivity contribution in [2.45, 2.75) is 15.2 Å². The molecule has 0 bridgehead atoms. The summed E-state index contributed by atoms with van der Waals surface area (Å²) in [6.45, 7) is 0. The summed E-state index contributed by atoms with van der Waals surface area (Å²) in [5.41, 5.74) is 16.4. The lowest BCUT2D eigenvalue weighted by atomic mass is 9.67. The van der Waals surface area contributed by atoms with Crippen molar-refractivity contribution >= 4 is 77.2 Å². The molecule has 1 aliphatic heterocycles. The van der Waals surface area contributed by atoms with Gasteiger partial charge in [0.15, 0.2) is 0 Å². The van der Waals surface area contributed by atoms with Crippen LogP contribution in [-0.2, 0) is 5.41 Å². The molecule has 6 heterocycles. The third kappa shape index (κ3) is 5.00. The van der Waals surface area contributed by atoms with Crippen molar-refractivity contribution < 1.29 is 0 Å². The van der Waals surface area contributed by atoms with Crippen LogP contribution in [0.3, 0.4) is 0 Å². The van der Waals surface area contributed by atoms with Crippen molar-refractivity contribution in [2.75, 3.05) is 0 Å². The molecule has 7 nitrogen and oxygen atoms in total. The molecule has 1 unspecified atom stereocenters. The van der Waals surface area contributed by atoms with Crippen molar-refractivity contribution in [3.8, 4) is 40.6 Å². The zero-order valence-corrected chi connectivity index (χ0v) is 37.4. The fraction of sp³-hybridized carbons (Fsp3) is 0.0164. The highest BCUT2D eigenvalue weighted by Gasteiger charge is 2.52. The van der Waals surface area contributed by atoms with E-state index in [-0.39, 0.29) is 0 Å². The Hall–Kier alpha value is -9.21. The molecule has 8 aromatic carbocycles. The molecule has 8 heteroatoms. The number of nitriles is 2. The Labute approximate surface area is 399 Å². The van der Waals surface area contributed by atoms with Gasteiger partial charge in [-0.1, -0.05) is 96.7 Å². The molecule has 0 saturated heterocycles. The maximum atomic E-state index is 10.2. The van der Waals surface area contributed by atoms with Crippen molar-refractivity contribution in [2.24, 2.45) is 0 Å². The second kappa shape index (κ2) is 13.9. The van der Waals surface area contributed by atoms with E-state index in [1.807, 2.05) is 48.8 Å². The molecule has 318 valence electrons. The standard InChI is InChI=1S/C61H33N7S/c62-33-36-19-24-54-44(28-36)43-12-3-7-17-53(43)66(54)38-22-26-56-46(30-38)45-29-37(34-63)20-25-55(45)67(56)39-21-23-48-58(32-39)69-57-18-8-4-13-47(57)61(48)49-14-9-27-64-59(49)60-50(61)31-40(35-65-60)68-51-15-5-1-10-41(51)42-11-2-6-16-52(42)68/h1-32,35H. The lowest BCUT2D eigenvalue weighted by Gasteiger charge is -2.39. The number of rotatable bonds is 3. The number of hydrogen-bond acceptors (Lipinski definition) is 5. The Morgan fingerprint density at radius 2 is 0.870 bits per heavy atom. The first-order valence-corrected chi connectivity index (χ1v) is 23.7. The van der Waals surface area contributed by atoms with Crippen LogP contribution in [-0.4, -0.2) is 23.7 Å². The largest absolute Gasteiger partial charge is 0.309 e. The molecule has 1 aliphatic carbocycles. The maximum absolute atomic E-state index is 10.2. The minimum Gasteiger partial charge on any atom is -0.309 e. The van der Waals surface area contributed by atoms with Crippen LogP contribution in [0.4, 0.5) is 0 Å². The summed E-state index contributed by atoms with van der Waals surface area (Å²) in [7, 11) is 0. The van der Waals surface area contributed by atoms with E-state index in [2.05, 4.69) is 177 Å². The van der Waals surface area contributed by atoms with E-state index in [4.69, 9.17) is 9.97 Å². The van der Waals surface area contributed by atoms with Crippen LogP contribution in [0, 0.1) is 22.7 Å². The first kappa shape index (κ1) is 38.0. The summed E-state index contributed by atoms with van der Waals surface area (Å²) in [4.78, 5) is 12.8. The third-order valence-corrected chi connectivity index (χ3v) is 15.8. The van der Waals surface area contributed by atoms with E-state index >= 15 is 0 Å². The highest BCUT2D eigenvalue weighted by atomic mass is 32.2. The normalized spacial score (nSPS) is 14.6. The number of hydrogen-bond donors (Lipinski definition) is 0. The summed E-state index contributed by atoms with van der Waals surface area (Å²) in [6, 6.07) is 71.3. The summed E-state index contributed by atoms with van der Waals surface area (Å²) in [5.74, 6) is 0. The van der Waals surface area contributed by atoms with Gasteiger partial charge in [-0.05, 0) is 120 Å². The fourth-order valence-electron chi connectivity index (χ4n) is 11.9. The van der Waals surface area contributed by atoms with E-state index in [9.17, 15) is 10.5 Å². The van der Waals surface area contributed by atoms with E-state index in [1.165, 1.54) is 26.8 Å². The average Bonchev–Trinajstić information content (AvgIpc) is 4.12. The molecule has 0 fully saturated rings. The highest BCUT2D eigenvalue weighted by Crippen LogP contribution is 2.62. The Bertz CT molecular complexity index is 4470. The van der Waals surface area contributed by atoms with Crippen LogP contribution < -0.4 is 0 Å². The first-order chi connectivity index (χ1) is 34.1. The minimum absolute atomic E-state index is 0.605. The van der Waals surface area contributed by atoms with Gasteiger partial charge in [0.05, 0.1) is 85.1 Å². The van der Waals surface area contributed by atoms with Gasteiger partial charge in [-0.25, -0.2) is 0 Å². The van der Waals surface area contributed by atoms with Crippen LogP contribution in [0.25, 0.3) is 93.9 Å². The van der Waals surface area contributed by atoms with Crippen molar-refractivity contribution in [3.63, 3.8) is 0 Å². The molecule has 1 spiro atoms. The second-order valence-electron chi connectivity index (χ2n) is 18.0. The molecule has 2 aliphatic rings. The van der Waals surface area contributed by atoms with Crippen molar-refractivity contribution in [1.82, 2.24) is 23.7 Å². The summed E-state index contributed by atoms with van der Waals surface area (Å²) < 4.78 is 6.98. The zero-order valence-electron chi connectivity index (χ0n) is 36.6. The van der Waals surface area contributed by atoms with Gasteiger partial charge in [0.1, 0.15) is 0 Å². The van der Waals surface area contributed by atoms with Crippen LogP contribution in [0.5, 0.6) is 0 Å². The van der Waals surface area contributed by atoms with Gasteiger partial charge in [0, 0.05) is 65.2 Å². The molecule has 0 saturated carbocycles. The van der Waals surface area contributed by atoms with Crippen LogP contribution in [0.2, 0.25) is 0 Å². The molecule has 15 rings (SSSR count). The number of nitrogens with zero attached hydrogens (tertiary/aromatic N) is 7. The third-order valence-electron chi connectivity index (χ3n) is 14.6. The van der Waals surface area contributed by atoms with Gasteiger partial charge in [-0.3, -0.25) is 9.97 Å². The van der Waals surface area contributed by atoms with Crippen LogP contribution >= 0.6 is 11.8 Å². The number of para-hydroxylation sites is 3. The molecular formula is C61H33N7S. The summed E-state index contributed by atoms with van der Waals surface area (Å²) in [6.07, 6.45) is 3.90. The Balaban J connectivity index is 0.964. The average molecular weight is 896 g/mol. The Morgan fingerprint density at radius 1 is 0.377 bits per heavy atom. The van der Waals surface area contributed by atoms with Crippen molar-refractivity contribution in [1.29, 1.82) is 10.5 Å². The van der Waals surface area contributed by atoms with Gasteiger partial charge >= 0.3 is 0 Å². The smallest absolute Gasteiger partial charge is 0.0991 e. The molecule has 0 N–H and O–H groups in total. The van der Waals surface area contributed by atoms with Crippen LogP contribution in [0.15, 0.2) is 210 Å². The maximum Gasteiger partial charge on any atom is 0.0991 e. The number of benzene rings is 8. The van der Waals surface area contributed by atoms with Gasteiger partial charge in [0.2, 0.25) is 0 Å². The lowest BCUT2D eigenvalue weighted by molar-refractivity contribution is 0.718. The highest BCUT2D eigenvalue weighted by molar-refractivity contribution is 7.99. The molecule has 69 heavy (non-hydrogen) atoms. The van der Waals surface area contributed by atoms with Gasteiger partial charge in [-0.2, -0.15) is 10.5 Å².